The van der Waals surface area contributed by atoms with E-state index in [1.54, 1.807) is 0 Å². The minimum absolute atomic E-state index is 0.0849. The van der Waals surface area contributed by atoms with Crippen molar-refractivity contribution in [2.45, 2.75) is 246 Å². The lowest BCUT2D eigenvalue weighted by Gasteiger charge is -2.35. The Morgan fingerprint density at radius 2 is 0.865 bits per heavy atom. The molecule has 306 valence electrons. The Labute approximate surface area is 329 Å². The van der Waals surface area contributed by atoms with Crippen molar-refractivity contribution < 1.29 is 4.74 Å². The monoisotopic (exact) mass is 726 g/mol. The molecule has 0 saturated heterocycles. The van der Waals surface area contributed by atoms with Crippen LogP contribution in [0.5, 0.6) is 0 Å². The molecule has 2 heteroatoms. The van der Waals surface area contributed by atoms with E-state index in [0.29, 0.717) is 12.0 Å². The quantitative estimate of drug-likeness (QED) is 0.0461. The van der Waals surface area contributed by atoms with Gasteiger partial charge < -0.3 is 9.64 Å². The summed E-state index contributed by atoms with van der Waals surface area (Å²) in [5.74, 6) is 0.667. The van der Waals surface area contributed by atoms with Gasteiger partial charge in [-0.15, -0.1) is 0 Å². The van der Waals surface area contributed by atoms with E-state index >= 15 is 0 Å². The maximum Gasteiger partial charge on any atom is 0.0680 e. The Hall–Kier alpha value is -1.12. The van der Waals surface area contributed by atoms with E-state index in [1.165, 1.54) is 180 Å². The second kappa shape index (κ2) is 39.6. The molecule has 2 unspecified atom stereocenters. The highest BCUT2D eigenvalue weighted by Gasteiger charge is 2.28. The van der Waals surface area contributed by atoms with Gasteiger partial charge in [0.05, 0.1) is 5.60 Å². The molecule has 0 rings (SSSR count). The second-order valence-electron chi connectivity index (χ2n) is 16.4. The van der Waals surface area contributed by atoms with Crippen molar-refractivity contribution in [2.75, 3.05) is 20.2 Å². The lowest BCUT2D eigenvalue weighted by Crippen LogP contribution is -2.37. The van der Waals surface area contributed by atoms with Crippen LogP contribution in [0.2, 0.25) is 0 Å². The summed E-state index contributed by atoms with van der Waals surface area (Å²) < 4.78 is 6.97. The Balaban J connectivity index is 4.51. The summed E-state index contributed by atoms with van der Waals surface area (Å²) in [6.07, 6.45) is 58.0. The standard InChI is InChI=1S/C50H95NO/c1-8-12-15-17-19-21-23-25-27-29-31-33-35-37-39-41-44-50(11-4,52-47-43-48(5)49(6)51(7)46-14-10-3)45-42-40-38-36-34-32-30-28-26-24-22-20-18-16-13-9-2/h19-22,25-28,48-49H,8-18,23-24,29-47H2,1-7H3/b21-19-,22-20-,27-25-,28-26-. The van der Waals surface area contributed by atoms with E-state index in [-0.39, 0.29) is 5.60 Å². The van der Waals surface area contributed by atoms with E-state index in [9.17, 15) is 0 Å². The molecule has 2 nitrogen and oxygen atoms in total. The smallest absolute Gasteiger partial charge is 0.0680 e. The van der Waals surface area contributed by atoms with Gasteiger partial charge in [0.1, 0.15) is 0 Å². The van der Waals surface area contributed by atoms with E-state index in [4.69, 9.17) is 4.74 Å². The molecule has 0 aliphatic heterocycles. The Morgan fingerprint density at radius 1 is 0.481 bits per heavy atom. The number of nitrogens with zero attached hydrogens (tertiary/aromatic N) is 1. The molecule has 0 aliphatic carbocycles. The van der Waals surface area contributed by atoms with Crippen LogP contribution < -0.4 is 0 Å². The minimum atomic E-state index is 0.0849. The molecule has 0 bridgehead atoms. The van der Waals surface area contributed by atoms with Gasteiger partial charge in [0, 0.05) is 12.6 Å². The van der Waals surface area contributed by atoms with Gasteiger partial charge in [0.25, 0.3) is 0 Å². The van der Waals surface area contributed by atoms with E-state index < -0.39 is 0 Å². The number of rotatable bonds is 40. The first-order valence-electron chi connectivity index (χ1n) is 23.4. The van der Waals surface area contributed by atoms with E-state index in [1.807, 2.05) is 0 Å². The zero-order chi connectivity index (χ0) is 38.2. The summed E-state index contributed by atoms with van der Waals surface area (Å²) in [7, 11) is 2.31. The number of allylic oxidation sites excluding steroid dienone is 8. The van der Waals surface area contributed by atoms with Crippen LogP contribution in [-0.2, 0) is 4.74 Å². The van der Waals surface area contributed by atoms with Crippen molar-refractivity contribution >= 4 is 0 Å². The van der Waals surface area contributed by atoms with Gasteiger partial charge in [-0.1, -0.05) is 180 Å². The first-order valence-corrected chi connectivity index (χ1v) is 23.4. The summed E-state index contributed by atoms with van der Waals surface area (Å²) in [6, 6.07) is 0.617. The van der Waals surface area contributed by atoms with Gasteiger partial charge in [0.2, 0.25) is 0 Å². The molecule has 0 saturated carbocycles. The lowest BCUT2D eigenvalue weighted by molar-refractivity contribution is -0.0692. The average Bonchev–Trinajstić information content (AvgIpc) is 3.15. The molecule has 0 N–H and O–H groups in total. The third-order valence-electron chi connectivity index (χ3n) is 11.7. The highest BCUT2D eigenvalue weighted by Crippen LogP contribution is 2.31. The molecule has 0 radical (unpaired) electrons. The number of unbranched alkanes of at least 4 members (excludes halogenated alkanes) is 19. The van der Waals surface area contributed by atoms with Crippen LogP contribution in [-0.4, -0.2) is 36.7 Å². The van der Waals surface area contributed by atoms with Gasteiger partial charge in [-0.05, 0) is 123 Å². The van der Waals surface area contributed by atoms with Gasteiger partial charge in [-0.25, -0.2) is 0 Å². The lowest BCUT2D eigenvalue weighted by atomic mass is 9.86. The number of ether oxygens (including phenoxy) is 1. The Bertz CT molecular complexity index is 776. The molecule has 0 aromatic carbocycles. The van der Waals surface area contributed by atoms with E-state index in [2.05, 4.69) is 102 Å². The molecule has 0 aliphatic rings. The largest absolute Gasteiger partial charge is 0.375 e. The molecular weight excluding hydrogens is 631 g/mol. The van der Waals surface area contributed by atoms with Crippen molar-refractivity contribution in [3.8, 4) is 0 Å². The zero-order valence-corrected chi connectivity index (χ0v) is 36.8. The fraction of sp³-hybridized carbons (Fsp3) is 0.840. The van der Waals surface area contributed by atoms with Crippen LogP contribution in [0.4, 0.5) is 0 Å². The van der Waals surface area contributed by atoms with Gasteiger partial charge >= 0.3 is 0 Å². The predicted octanol–water partition coefficient (Wildman–Crippen LogP) is 16.7. The molecule has 0 amide bonds. The first kappa shape index (κ1) is 50.9. The molecule has 2 atom stereocenters. The number of hydrogen-bond acceptors (Lipinski definition) is 2. The maximum absolute atomic E-state index is 6.97. The molecule has 0 spiro atoms. The van der Waals surface area contributed by atoms with E-state index in [0.717, 1.165) is 25.9 Å². The van der Waals surface area contributed by atoms with Crippen molar-refractivity contribution in [1.29, 1.82) is 0 Å². The highest BCUT2D eigenvalue weighted by atomic mass is 16.5. The van der Waals surface area contributed by atoms with Crippen molar-refractivity contribution in [3.05, 3.63) is 48.6 Å². The Morgan fingerprint density at radius 3 is 1.27 bits per heavy atom. The Kier molecular flexibility index (Phi) is 38.7. The third-order valence-corrected chi connectivity index (χ3v) is 11.7. The van der Waals surface area contributed by atoms with Gasteiger partial charge in [-0.3, -0.25) is 0 Å². The molecule has 52 heavy (non-hydrogen) atoms. The predicted molar refractivity (Wildman–Crippen MR) is 238 cm³/mol. The van der Waals surface area contributed by atoms with Crippen LogP contribution in [0.25, 0.3) is 0 Å². The number of hydrogen-bond donors (Lipinski definition) is 0. The maximum atomic E-state index is 6.97. The highest BCUT2D eigenvalue weighted by molar-refractivity contribution is 4.93. The summed E-state index contributed by atoms with van der Waals surface area (Å²) >= 11 is 0. The molecular formula is C50H95NO. The van der Waals surface area contributed by atoms with Crippen LogP contribution in [0.15, 0.2) is 48.6 Å². The van der Waals surface area contributed by atoms with Crippen molar-refractivity contribution in [2.24, 2.45) is 5.92 Å². The summed E-state index contributed by atoms with van der Waals surface area (Å²) in [4.78, 5) is 2.56. The second-order valence-corrected chi connectivity index (χ2v) is 16.4. The van der Waals surface area contributed by atoms with Crippen LogP contribution in [0.3, 0.4) is 0 Å². The molecule has 0 heterocycles. The molecule has 0 aromatic rings. The first-order chi connectivity index (χ1) is 25.5. The summed E-state index contributed by atoms with van der Waals surface area (Å²) in [5, 5.41) is 0. The van der Waals surface area contributed by atoms with Gasteiger partial charge in [0.15, 0.2) is 0 Å². The topological polar surface area (TPSA) is 12.5 Å². The fourth-order valence-electron chi connectivity index (χ4n) is 7.34. The van der Waals surface area contributed by atoms with Crippen LogP contribution in [0, 0.1) is 5.92 Å². The average molecular weight is 726 g/mol. The van der Waals surface area contributed by atoms with Crippen LogP contribution >= 0.6 is 0 Å². The summed E-state index contributed by atoms with van der Waals surface area (Å²) in [6.45, 7) is 16.2. The van der Waals surface area contributed by atoms with Crippen molar-refractivity contribution in [3.63, 3.8) is 0 Å². The fourth-order valence-corrected chi connectivity index (χ4v) is 7.34. The third kappa shape index (κ3) is 32.3. The minimum Gasteiger partial charge on any atom is -0.375 e. The SMILES string of the molecule is CCCCC/C=C\C/C=C\CCCCCCCCC(CC)(CCCCCCCC/C=C\C/C=C\CCCCC)OCCC(C)C(C)N(C)CCCC. The van der Waals surface area contributed by atoms with Crippen molar-refractivity contribution in [1.82, 2.24) is 4.90 Å². The molecule has 0 fully saturated rings. The van der Waals surface area contributed by atoms with Crippen LogP contribution in [0.1, 0.15) is 234 Å². The zero-order valence-electron chi connectivity index (χ0n) is 36.8. The summed E-state index contributed by atoms with van der Waals surface area (Å²) in [5.41, 5.74) is 0.0849. The molecule has 0 aromatic heterocycles. The van der Waals surface area contributed by atoms with Gasteiger partial charge in [-0.2, -0.15) is 0 Å². The normalized spacial score (nSPS) is 14.0.